The quantitative estimate of drug-likeness (QED) is 0.126. The van der Waals surface area contributed by atoms with Crippen LogP contribution in [-0.4, -0.2) is 31.6 Å². The van der Waals surface area contributed by atoms with E-state index in [2.05, 4.69) is 25.9 Å². The Kier molecular flexibility index (Phi) is 10.8. The fourth-order valence-corrected chi connectivity index (χ4v) is 5.66. The van der Waals surface area contributed by atoms with Crippen molar-refractivity contribution in [2.45, 2.75) is 64.7 Å². The summed E-state index contributed by atoms with van der Waals surface area (Å²) in [5.41, 5.74) is 7.37. The summed E-state index contributed by atoms with van der Waals surface area (Å²) in [4.78, 5) is 28.6. The third-order valence-electron chi connectivity index (χ3n) is 7.77. The minimum absolute atomic E-state index is 0.0830. The lowest BCUT2D eigenvalue weighted by molar-refractivity contribution is -0.142. The highest BCUT2D eigenvalue weighted by atomic mass is 19.4. The van der Waals surface area contributed by atoms with Crippen LogP contribution >= 0.6 is 0 Å². The summed E-state index contributed by atoms with van der Waals surface area (Å²) in [7, 11) is 1.66. The van der Waals surface area contributed by atoms with Gasteiger partial charge in [-0.05, 0) is 55.7 Å². The van der Waals surface area contributed by atoms with Crippen LogP contribution in [0, 0.1) is 18.6 Å². The fourth-order valence-electron chi connectivity index (χ4n) is 5.66. The van der Waals surface area contributed by atoms with Crippen LogP contribution in [0.15, 0.2) is 47.7 Å². The smallest absolute Gasteiger partial charge is 0.397 e. The first-order valence-corrected chi connectivity index (χ1v) is 15.0. The standard InChI is InChI=1S/C30H27F7N8O2.C2H6/c1-15-20(3-4-24(44(15)2)42-40-14-46)22-11-19(38)12-39-26(22)23(9-16-7-17(31)10-18(32)8-16)41-25(47)13-45-28-21(5-6-29(28,33)34)27(43-45)30(35,36)37;1-2/h3-4,7-8,10-12,14,23H,5-6,9,13,38H2,1-2H3,(H,40,46)(H,41,47);1-2H3/b42-24-;. The Labute approximate surface area is 275 Å². The van der Waals surface area contributed by atoms with E-state index in [4.69, 9.17) is 5.73 Å². The highest BCUT2D eigenvalue weighted by Gasteiger charge is 2.50. The van der Waals surface area contributed by atoms with Crippen molar-refractivity contribution in [3.05, 3.63) is 93.6 Å². The van der Waals surface area contributed by atoms with E-state index in [0.717, 1.165) is 12.1 Å². The molecule has 1 atom stereocenters. The van der Waals surface area contributed by atoms with Crippen molar-refractivity contribution in [3.63, 3.8) is 0 Å². The average molecular weight is 695 g/mol. The molecule has 1 aliphatic rings. The number of nitrogens with one attached hydrogen (secondary N) is 2. The predicted octanol–water partition coefficient (Wildman–Crippen LogP) is 5.20. The van der Waals surface area contributed by atoms with Gasteiger partial charge in [-0.1, -0.05) is 13.8 Å². The van der Waals surface area contributed by atoms with Crippen LogP contribution in [-0.2, 0) is 48.1 Å². The number of nitrogens with two attached hydrogens (primary N) is 1. The van der Waals surface area contributed by atoms with E-state index >= 15 is 0 Å². The molecule has 1 aliphatic carbocycles. The van der Waals surface area contributed by atoms with Gasteiger partial charge in [0.05, 0.1) is 23.6 Å². The van der Waals surface area contributed by atoms with Crippen molar-refractivity contribution in [1.82, 2.24) is 30.1 Å². The van der Waals surface area contributed by atoms with Crippen LogP contribution in [0.2, 0.25) is 0 Å². The molecule has 3 aromatic heterocycles. The number of alkyl halides is 5. The zero-order valence-electron chi connectivity index (χ0n) is 26.8. The molecular weight excluding hydrogens is 661 g/mol. The van der Waals surface area contributed by atoms with Gasteiger partial charge in [-0.25, -0.2) is 14.2 Å². The molecule has 0 saturated heterocycles. The lowest BCUT2D eigenvalue weighted by Gasteiger charge is -2.23. The molecule has 0 bridgehead atoms. The minimum atomic E-state index is -5.03. The van der Waals surface area contributed by atoms with Crippen molar-refractivity contribution < 1.29 is 40.3 Å². The van der Waals surface area contributed by atoms with E-state index in [0.29, 0.717) is 39.5 Å². The van der Waals surface area contributed by atoms with Crippen molar-refractivity contribution in [2.75, 3.05) is 5.73 Å². The molecule has 0 fully saturated rings. The lowest BCUT2D eigenvalue weighted by atomic mass is 9.94. The molecule has 10 nitrogen and oxygen atoms in total. The van der Waals surface area contributed by atoms with Gasteiger partial charge < -0.3 is 15.6 Å². The number of aromatic nitrogens is 4. The summed E-state index contributed by atoms with van der Waals surface area (Å²) in [6.07, 6.45) is -5.08. The van der Waals surface area contributed by atoms with Gasteiger partial charge in [0.15, 0.2) is 11.2 Å². The number of carbonyl (C=O) groups excluding carboxylic acids is 2. The molecule has 1 aromatic carbocycles. The van der Waals surface area contributed by atoms with Gasteiger partial charge in [0, 0.05) is 41.9 Å². The number of amides is 2. The van der Waals surface area contributed by atoms with E-state index in [1.54, 1.807) is 30.7 Å². The summed E-state index contributed by atoms with van der Waals surface area (Å²) < 4.78 is 101. The number of hydrogen-bond acceptors (Lipinski definition) is 6. The van der Waals surface area contributed by atoms with Gasteiger partial charge in [-0.3, -0.25) is 19.3 Å². The molecule has 0 aliphatic heterocycles. The highest BCUT2D eigenvalue weighted by molar-refractivity contribution is 5.78. The summed E-state index contributed by atoms with van der Waals surface area (Å²) in [5, 5.41) is 9.87. The first-order chi connectivity index (χ1) is 23.1. The Bertz CT molecular complexity index is 1920. The molecule has 262 valence electrons. The Morgan fingerprint density at radius 1 is 1.12 bits per heavy atom. The Morgan fingerprint density at radius 2 is 1.80 bits per heavy atom. The van der Waals surface area contributed by atoms with Crippen molar-refractivity contribution in [2.24, 2.45) is 12.1 Å². The van der Waals surface area contributed by atoms with Crippen molar-refractivity contribution >= 4 is 18.0 Å². The van der Waals surface area contributed by atoms with Crippen molar-refractivity contribution in [1.29, 1.82) is 0 Å². The van der Waals surface area contributed by atoms with Gasteiger partial charge in [0.2, 0.25) is 12.3 Å². The summed E-state index contributed by atoms with van der Waals surface area (Å²) in [6.45, 7) is 4.70. The monoisotopic (exact) mass is 694 g/mol. The number of nitrogens with zero attached hydrogens (tertiary/aromatic N) is 5. The molecule has 0 radical (unpaired) electrons. The lowest BCUT2D eigenvalue weighted by Crippen LogP contribution is -2.35. The second-order valence-corrected chi connectivity index (χ2v) is 10.9. The second kappa shape index (κ2) is 14.5. The molecule has 2 amide bonds. The molecule has 17 heteroatoms. The summed E-state index contributed by atoms with van der Waals surface area (Å²) in [6, 6.07) is 6.24. The third kappa shape index (κ3) is 7.92. The summed E-state index contributed by atoms with van der Waals surface area (Å²) in [5.74, 6) is -6.48. The highest BCUT2D eigenvalue weighted by Crippen LogP contribution is 2.46. The number of benzene rings is 1. The predicted molar refractivity (Wildman–Crippen MR) is 164 cm³/mol. The van der Waals surface area contributed by atoms with Crippen LogP contribution in [0.25, 0.3) is 11.1 Å². The number of hydrogen-bond donors (Lipinski definition) is 3. The second-order valence-electron chi connectivity index (χ2n) is 10.9. The minimum Gasteiger partial charge on any atom is -0.397 e. The van der Waals surface area contributed by atoms with Crippen LogP contribution in [0.5, 0.6) is 0 Å². The van der Waals surface area contributed by atoms with Crippen LogP contribution in [0.4, 0.5) is 36.4 Å². The SMILES string of the molecule is CC.Cc1c(-c2cc(N)cnc2C(Cc2cc(F)cc(F)c2)NC(=O)Cn2nc(C(F)(F)F)c3c2C(F)(F)CC3)cc/c(=N/NC=O)n1C. The fraction of sp³-hybridized carbons (Fsp3) is 0.344. The molecule has 4 N–H and O–H groups in total. The molecule has 0 saturated carbocycles. The molecule has 3 heterocycles. The zero-order chi connectivity index (χ0) is 36.3. The maximum Gasteiger partial charge on any atom is 0.435 e. The number of rotatable bonds is 9. The number of anilines is 1. The topological polar surface area (TPSA) is 132 Å². The van der Waals surface area contributed by atoms with Gasteiger partial charge in [0.1, 0.15) is 23.9 Å². The first-order valence-electron chi connectivity index (χ1n) is 15.0. The molecule has 0 spiro atoms. The van der Waals surface area contributed by atoms with Crippen LogP contribution in [0.3, 0.4) is 0 Å². The Morgan fingerprint density at radius 3 is 2.43 bits per heavy atom. The normalized spacial score (nSPS) is 14.5. The number of halogens is 7. The number of nitrogen functional groups attached to an aromatic ring is 1. The molecule has 4 aromatic rings. The van der Waals surface area contributed by atoms with Gasteiger partial charge in [-0.2, -0.15) is 32.2 Å². The molecular formula is C32H33F7N8O2. The average Bonchev–Trinajstić information content (AvgIpc) is 3.55. The van der Waals surface area contributed by atoms with Gasteiger partial charge >= 0.3 is 6.18 Å². The Balaban J connectivity index is 0.00000265. The number of carbonyl (C=O) groups is 2. The van der Waals surface area contributed by atoms with Crippen LogP contribution < -0.4 is 22.0 Å². The summed E-state index contributed by atoms with van der Waals surface area (Å²) >= 11 is 0. The third-order valence-corrected chi connectivity index (χ3v) is 7.77. The number of pyridine rings is 2. The molecule has 5 rings (SSSR count). The largest absolute Gasteiger partial charge is 0.435 e. The van der Waals surface area contributed by atoms with E-state index < -0.39 is 72.0 Å². The maximum atomic E-state index is 14.7. The van der Waals surface area contributed by atoms with E-state index in [1.807, 2.05) is 13.8 Å². The number of fused-ring (bicyclic) bond motifs is 1. The van der Waals surface area contributed by atoms with E-state index in [-0.39, 0.29) is 23.4 Å². The van der Waals surface area contributed by atoms with E-state index in [1.165, 1.54) is 12.3 Å². The molecule has 49 heavy (non-hydrogen) atoms. The first kappa shape index (κ1) is 36.6. The van der Waals surface area contributed by atoms with Gasteiger partial charge in [-0.15, -0.1) is 0 Å². The van der Waals surface area contributed by atoms with E-state index in [9.17, 15) is 40.3 Å². The Hall–Kier alpha value is -5.22. The van der Waals surface area contributed by atoms with Gasteiger partial charge in [0.25, 0.3) is 5.92 Å². The van der Waals surface area contributed by atoms with Crippen LogP contribution in [0.1, 0.15) is 60.2 Å². The van der Waals surface area contributed by atoms with Crippen molar-refractivity contribution in [3.8, 4) is 11.1 Å². The zero-order valence-corrected chi connectivity index (χ0v) is 26.8. The maximum absolute atomic E-state index is 14.7. The molecule has 1 unspecified atom stereocenters.